The number of nitrogens with one attached hydrogen (secondary N) is 1. The molecule has 1 heterocycles. The number of hydrogen-bond donors (Lipinski definition) is 1. The van der Waals surface area contributed by atoms with Crippen LogP contribution in [0.1, 0.15) is 23.4 Å². The number of esters is 1. The summed E-state index contributed by atoms with van der Waals surface area (Å²) in [5.74, 6) is 0.445. The quantitative estimate of drug-likeness (QED) is 0.736. The second kappa shape index (κ2) is 8.31. The summed E-state index contributed by atoms with van der Waals surface area (Å²) in [5.41, 5.74) is 0.836. The molecular formula is C16H18BrNO3S. The van der Waals surface area contributed by atoms with Crippen LogP contribution in [0.15, 0.2) is 40.2 Å². The van der Waals surface area contributed by atoms with Gasteiger partial charge in [-0.3, -0.25) is 5.32 Å². The molecule has 0 aliphatic carbocycles. The molecule has 0 spiro atoms. The first-order valence-electron chi connectivity index (χ1n) is 6.91. The summed E-state index contributed by atoms with van der Waals surface area (Å²) in [6.45, 7) is 2.77. The molecule has 0 bridgehead atoms. The van der Waals surface area contributed by atoms with Gasteiger partial charge in [0.2, 0.25) is 0 Å². The highest BCUT2D eigenvalue weighted by Crippen LogP contribution is 2.28. The summed E-state index contributed by atoms with van der Waals surface area (Å²) in [6.07, 6.45) is 0. The van der Waals surface area contributed by atoms with Crippen molar-refractivity contribution in [3.05, 3.63) is 50.6 Å². The van der Waals surface area contributed by atoms with Gasteiger partial charge in [0.25, 0.3) is 0 Å². The van der Waals surface area contributed by atoms with E-state index in [1.54, 1.807) is 25.4 Å². The zero-order chi connectivity index (χ0) is 15.9. The monoisotopic (exact) mass is 383 g/mol. The molecule has 0 fully saturated rings. The lowest BCUT2D eigenvalue weighted by molar-refractivity contribution is -0.145. The van der Waals surface area contributed by atoms with Gasteiger partial charge in [-0.2, -0.15) is 0 Å². The Kier molecular flexibility index (Phi) is 6.42. The van der Waals surface area contributed by atoms with Gasteiger partial charge < -0.3 is 9.47 Å². The van der Waals surface area contributed by atoms with Gasteiger partial charge in [0.15, 0.2) is 0 Å². The van der Waals surface area contributed by atoms with Gasteiger partial charge in [0.05, 0.1) is 18.2 Å². The van der Waals surface area contributed by atoms with E-state index in [0.29, 0.717) is 13.2 Å². The maximum Gasteiger partial charge on any atom is 0.327 e. The Morgan fingerprint density at radius 3 is 2.82 bits per heavy atom. The Labute approximate surface area is 142 Å². The van der Waals surface area contributed by atoms with Crippen LogP contribution >= 0.6 is 27.3 Å². The molecule has 6 heteroatoms. The molecular weight excluding hydrogens is 366 g/mol. The molecule has 0 aliphatic heterocycles. The number of carbonyl (C=O) groups is 1. The van der Waals surface area contributed by atoms with Crippen molar-refractivity contribution in [3.63, 3.8) is 0 Å². The minimum Gasteiger partial charge on any atom is -0.496 e. The normalized spacial score (nSPS) is 12.0. The van der Waals surface area contributed by atoms with Crippen molar-refractivity contribution in [2.24, 2.45) is 0 Å². The zero-order valence-electron chi connectivity index (χ0n) is 12.5. The van der Waals surface area contributed by atoms with Crippen LogP contribution in [0.5, 0.6) is 5.75 Å². The zero-order valence-corrected chi connectivity index (χ0v) is 14.9. The smallest absolute Gasteiger partial charge is 0.327 e. The summed E-state index contributed by atoms with van der Waals surface area (Å²) in [7, 11) is 1.61. The summed E-state index contributed by atoms with van der Waals surface area (Å²) >= 11 is 5.10. The van der Waals surface area contributed by atoms with E-state index in [2.05, 4.69) is 21.2 Å². The maximum atomic E-state index is 12.2. The standard InChI is InChI=1S/C16H18BrNO3S/c1-3-21-16(19)15(18-10-12-5-4-8-22-12)11-6-7-14(20-2)13(17)9-11/h4-9,15,18H,3,10H2,1-2H3. The van der Waals surface area contributed by atoms with Crippen LogP contribution in [0, 0.1) is 0 Å². The van der Waals surface area contributed by atoms with Crippen molar-refractivity contribution in [2.75, 3.05) is 13.7 Å². The molecule has 0 aliphatic rings. The largest absolute Gasteiger partial charge is 0.496 e. The summed E-state index contributed by atoms with van der Waals surface area (Å²) < 4.78 is 11.2. The molecule has 0 radical (unpaired) electrons. The van der Waals surface area contributed by atoms with E-state index in [-0.39, 0.29) is 5.97 Å². The van der Waals surface area contributed by atoms with Gasteiger partial charge in [-0.05, 0) is 52.0 Å². The molecule has 0 saturated carbocycles. The first-order chi connectivity index (χ1) is 10.7. The van der Waals surface area contributed by atoms with Crippen LogP contribution in [-0.4, -0.2) is 19.7 Å². The van der Waals surface area contributed by atoms with Crippen LogP contribution < -0.4 is 10.1 Å². The fourth-order valence-corrected chi connectivity index (χ4v) is 3.25. The highest BCUT2D eigenvalue weighted by atomic mass is 79.9. The Hall–Kier alpha value is -1.37. The number of thiophene rings is 1. The number of methoxy groups -OCH3 is 1. The lowest BCUT2D eigenvalue weighted by atomic mass is 10.1. The van der Waals surface area contributed by atoms with Crippen molar-refractivity contribution in [3.8, 4) is 5.75 Å². The lowest BCUT2D eigenvalue weighted by Gasteiger charge is -2.18. The second-order valence-corrected chi connectivity index (χ2v) is 6.43. The van der Waals surface area contributed by atoms with Gasteiger partial charge in [-0.15, -0.1) is 11.3 Å². The van der Waals surface area contributed by atoms with Crippen LogP contribution in [0.2, 0.25) is 0 Å². The Morgan fingerprint density at radius 1 is 1.41 bits per heavy atom. The molecule has 1 N–H and O–H groups in total. The van der Waals surface area contributed by atoms with Crippen molar-refractivity contribution in [1.29, 1.82) is 0 Å². The van der Waals surface area contributed by atoms with Gasteiger partial charge >= 0.3 is 5.97 Å². The Balaban J connectivity index is 2.19. The van der Waals surface area contributed by atoms with Crippen LogP contribution in [0.3, 0.4) is 0 Å². The van der Waals surface area contributed by atoms with Crippen molar-refractivity contribution < 1.29 is 14.3 Å². The van der Waals surface area contributed by atoms with E-state index >= 15 is 0 Å². The Bertz CT molecular complexity index is 616. The molecule has 1 aromatic carbocycles. The molecule has 2 aromatic rings. The van der Waals surface area contributed by atoms with Gasteiger partial charge in [0, 0.05) is 11.4 Å². The van der Waals surface area contributed by atoms with E-state index in [9.17, 15) is 4.79 Å². The third-order valence-corrected chi connectivity index (χ3v) is 4.59. The molecule has 1 aromatic heterocycles. The lowest BCUT2D eigenvalue weighted by Crippen LogP contribution is -2.29. The second-order valence-electron chi connectivity index (χ2n) is 4.54. The molecule has 0 amide bonds. The first kappa shape index (κ1) is 17.0. The highest BCUT2D eigenvalue weighted by Gasteiger charge is 2.22. The van der Waals surface area contributed by atoms with E-state index < -0.39 is 6.04 Å². The average molecular weight is 384 g/mol. The van der Waals surface area contributed by atoms with Crippen LogP contribution in [0.25, 0.3) is 0 Å². The van der Waals surface area contributed by atoms with Gasteiger partial charge in [-0.25, -0.2) is 4.79 Å². The number of halogens is 1. The number of rotatable bonds is 7. The van der Waals surface area contributed by atoms with Gasteiger partial charge in [-0.1, -0.05) is 12.1 Å². The van der Waals surface area contributed by atoms with Crippen molar-refractivity contribution >= 4 is 33.2 Å². The molecule has 0 saturated heterocycles. The molecule has 118 valence electrons. The summed E-state index contributed by atoms with van der Waals surface area (Å²) in [5, 5.41) is 5.28. The predicted octanol–water partition coefficient (Wildman–Crippen LogP) is 3.91. The third-order valence-electron chi connectivity index (χ3n) is 3.09. The third kappa shape index (κ3) is 4.32. The summed E-state index contributed by atoms with van der Waals surface area (Å²) in [4.78, 5) is 13.4. The number of benzene rings is 1. The van der Waals surface area contributed by atoms with E-state index in [4.69, 9.17) is 9.47 Å². The molecule has 4 nitrogen and oxygen atoms in total. The maximum absolute atomic E-state index is 12.2. The average Bonchev–Trinajstić information content (AvgIpc) is 3.01. The van der Waals surface area contributed by atoms with E-state index in [1.807, 2.05) is 35.7 Å². The van der Waals surface area contributed by atoms with Crippen molar-refractivity contribution in [2.45, 2.75) is 19.5 Å². The minimum atomic E-state index is -0.510. The minimum absolute atomic E-state index is 0.281. The number of ether oxygens (including phenoxy) is 2. The number of hydrogen-bond acceptors (Lipinski definition) is 5. The van der Waals surface area contributed by atoms with E-state index in [0.717, 1.165) is 15.8 Å². The molecule has 2 rings (SSSR count). The molecule has 22 heavy (non-hydrogen) atoms. The fourth-order valence-electron chi connectivity index (χ4n) is 2.04. The highest BCUT2D eigenvalue weighted by molar-refractivity contribution is 9.10. The van der Waals surface area contributed by atoms with Crippen molar-refractivity contribution in [1.82, 2.24) is 5.32 Å². The van der Waals surface area contributed by atoms with Crippen LogP contribution in [0.4, 0.5) is 0 Å². The van der Waals surface area contributed by atoms with Gasteiger partial charge in [0.1, 0.15) is 11.8 Å². The fraction of sp³-hybridized carbons (Fsp3) is 0.312. The molecule has 1 atom stereocenters. The summed E-state index contributed by atoms with van der Waals surface area (Å²) in [6, 6.07) is 9.09. The number of carbonyl (C=O) groups excluding carboxylic acids is 1. The van der Waals surface area contributed by atoms with E-state index in [1.165, 1.54) is 4.88 Å². The SMILES string of the molecule is CCOC(=O)C(NCc1cccs1)c1ccc(OC)c(Br)c1. The first-order valence-corrected chi connectivity index (χ1v) is 8.58. The Morgan fingerprint density at radius 2 is 2.23 bits per heavy atom. The topological polar surface area (TPSA) is 47.6 Å². The van der Waals surface area contributed by atoms with Crippen LogP contribution in [-0.2, 0) is 16.1 Å². The molecule has 1 unspecified atom stereocenters. The predicted molar refractivity (Wildman–Crippen MR) is 91.2 cm³/mol.